The van der Waals surface area contributed by atoms with Crippen molar-refractivity contribution in [3.63, 3.8) is 0 Å². The lowest BCUT2D eigenvalue weighted by molar-refractivity contribution is -0.274. The largest absolute Gasteiger partial charge is 0.573 e. The minimum atomic E-state index is -4.84. The van der Waals surface area contributed by atoms with E-state index in [0.717, 1.165) is 49.4 Å². The molecule has 1 unspecified atom stereocenters. The van der Waals surface area contributed by atoms with Crippen molar-refractivity contribution in [2.75, 3.05) is 38.7 Å². The number of pyridine rings is 1. The fourth-order valence-corrected chi connectivity index (χ4v) is 4.91. The van der Waals surface area contributed by atoms with E-state index < -0.39 is 29.7 Å². The van der Waals surface area contributed by atoms with E-state index in [0.29, 0.717) is 17.2 Å². The minimum Gasteiger partial charge on any atom is -0.406 e. The highest BCUT2D eigenvalue weighted by atomic mass is 19.4. The number of anilines is 1. The molecule has 0 saturated carbocycles. The number of nitrogens with one attached hydrogen (secondary N) is 2. The van der Waals surface area contributed by atoms with Crippen LogP contribution in [0.1, 0.15) is 35.3 Å². The predicted molar refractivity (Wildman–Crippen MR) is 154 cm³/mol. The summed E-state index contributed by atoms with van der Waals surface area (Å²) < 4.78 is 63.5. The van der Waals surface area contributed by atoms with Gasteiger partial charge in [-0.05, 0) is 62.0 Å². The molecule has 4 rings (SSSR count). The molecule has 0 radical (unpaired) electrons. The van der Waals surface area contributed by atoms with Crippen molar-refractivity contribution >= 4 is 17.5 Å². The summed E-state index contributed by atoms with van der Waals surface area (Å²) in [4.78, 5) is 39.5. The summed E-state index contributed by atoms with van der Waals surface area (Å²) in [5, 5.41) is 12.7. The summed E-state index contributed by atoms with van der Waals surface area (Å²) in [5.74, 6) is -0.779. The zero-order valence-electron chi connectivity index (χ0n) is 24.6. The summed E-state index contributed by atoms with van der Waals surface area (Å²) in [6.07, 6.45) is -1.62. The Bertz CT molecular complexity index is 1490. The van der Waals surface area contributed by atoms with Crippen LogP contribution in [0.5, 0.6) is 5.75 Å². The van der Waals surface area contributed by atoms with E-state index in [4.69, 9.17) is 4.74 Å². The van der Waals surface area contributed by atoms with Crippen molar-refractivity contribution in [3.05, 3.63) is 70.4 Å². The number of alkyl halides is 4. The molecule has 12 nitrogen and oxygen atoms in total. The fraction of sp³-hybridized carbons (Fsp3) is 0.483. The smallest absolute Gasteiger partial charge is 0.406 e. The molecule has 2 N–H and O–H groups in total. The molecule has 0 bridgehead atoms. The average Bonchev–Trinajstić information content (AvgIpc) is 3.44. The van der Waals surface area contributed by atoms with Crippen LogP contribution in [0.4, 0.5) is 23.2 Å². The number of aromatic nitrogens is 4. The maximum Gasteiger partial charge on any atom is 0.573 e. The zero-order chi connectivity index (χ0) is 32.4. The Hall–Kier alpha value is -4.31. The molecule has 1 atom stereocenters. The molecule has 45 heavy (non-hydrogen) atoms. The highest BCUT2D eigenvalue weighted by molar-refractivity contribution is 5.92. The molecule has 1 aliphatic rings. The Morgan fingerprint density at radius 2 is 1.93 bits per heavy atom. The molecule has 0 aliphatic carbocycles. The average molecular weight is 638 g/mol. The van der Waals surface area contributed by atoms with Gasteiger partial charge in [-0.25, -0.2) is 9.07 Å². The van der Waals surface area contributed by atoms with Crippen LogP contribution in [-0.2, 0) is 29.2 Å². The van der Waals surface area contributed by atoms with Gasteiger partial charge in [0.15, 0.2) is 5.69 Å². The van der Waals surface area contributed by atoms with E-state index in [1.54, 1.807) is 13.2 Å². The molecule has 0 spiro atoms. The highest BCUT2D eigenvalue weighted by Crippen LogP contribution is 2.23. The molecule has 3 aromatic rings. The number of nitrogens with zero attached hydrogens (tertiary/aromatic N) is 5. The number of methoxy groups -OCH3 is 1. The number of likely N-dealkylation sites (tertiary alicyclic amines) is 1. The van der Waals surface area contributed by atoms with E-state index >= 15 is 0 Å². The third-order valence-corrected chi connectivity index (χ3v) is 7.18. The summed E-state index contributed by atoms with van der Waals surface area (Å²) in [6, 6.07) is 8.02. The normalized spacial score (nSPS) is 15.0. The molecule has 1 aliphatic heterocycles. The van der Waals surface area contributed by atoms with Gasteiger partial charge < -0.3 is 24.7 Å². The number of hydrogen-bond donors (Lipinski definition) is 2. The van der Waals surface area contributed by atoms with E-state index in [2.05, 4.69) is 30.6 Å². The zero-order valence-corrected chi connectivity index (χ0v) is 24.6. The van der Waals surface area contributed by atoms with Crippen LogP contribution < -0.4 is 20.9 Å². The van der Waals surface area contributed by atoms with E-state index in [1.165, 1.54) is 35.2 Å². The maximum atomic E-state index is 14.7. The van der Waals surface area contributed by atoms with Crippen LogP contribution in [0.15, 0.2) is 53.6 Å². The second-order valence-electron chi connectivity index (χ2n) is 10.8. The van der Waals surface area contributed by atoms with Crippen LogP contribution in [-0.4, -0.2) is 82.2 Å². The molecule has 1 saturated heterocycles. The quantitative estimate of drug-likeness (QED) is 0.258. The SMILES string of the molecule is COCC1CCN(CC(=O)Nc2ccn(CCC(F)Cn3cc(C(=O)NCc4cccc(OC(F)(F)F)c4)nn3)c(=O)c2)CC1. The number of hydrogen-bond acceptors (Lipinski definition) is 8. The Morgan fingerprint density at radius 3 is 2.64 bits per heavy atom. The van der Waals surface area contributed by atoms with Gasteiger partial charge in [0, 0.05) is 44.8 Å². The van der Waals surface area contributed by atoms with Gasteiger partial charge in [0.25, 0.3) is 11.5 Å². The summed E-state index contributed by atoms with van der Waals surface area (Å²) >= 11 is 0. The number of halogens is 4. The summed E-state index contributed by atoms with van der Waals surface area (Å²) in [7, 11) is 1.68. The molecule has 3 heterocycles. The lowest BCUT2D eigenvalue weighted by atomic mass is 9.98. The third kappa shape index (κ3) is 11.0. The number of piperidine rings is 1. The lowest BCUT2D eigenvalue weighted by Gasteiger charge is -2.30. The molecule has 1 fully saturated rings. The van der Waals surface area contributed by atoms with Crippen LogP contribution in [0, 0.1) is 5.92 Å². The number of carbonyl (C=O) groups excluding carboxylic acids is 2. The van der Waals surface area contributed by atoms with Gasteiger partial charge in [-0.2, -0.15) is 0 Å². The number of carbonyl (C=O) groups is 2. The second-order valence-corrected chi connectivity index (χ2v) is 10.8. The number of aryl methyl sites for hydroxylation is 1. The van der Waals surface area contributed by atoms with Crippen molar-refractivity contribution in [1.29, 1.82) is 0 Å². The van der Waals surface area contributed by atoms with Gasteiger partial charge in [-0.3, -0.25) is 19.3 Å². The lowest BCUT2D eigenvalue weighted by Crippen LogP contribution is -2.40. The molecule has 2 amide bonds. The molecule has 1 aromatic carbocycles. The van der Waals surface area contributed by atoms with Crippen LogP contribution in [0.3, 0.4) is 0 Å². The van der Waals surface area contributed by atoms with Crippen LogP contribution in [0.25, 0.3) is 0 Å². The predicted octanol–water partition coefficient (Wildman–Crippen LogP) is 2.99. The first kappa shape index (κ1) is 33.6. The first-order chi connectivity index (χ1) is 21.5. The maximum absolute atomic E-state index is 14.7. The first-order valence-electron chi connectivity index (χ1n) is 14.4. The van der Waals surface area contributed by atoms with Gasteiger partial charge in [0.1, 0.15) is 11.9 Å². The van der Waals surface area contributed by atoms with Gasteiger partial charge in [0.05, 0.1) is 19.3 Å². The Morgan fingerprint density at radius 1 is 1.16 bits per heavy atom. The summed E-state index contributed by atoms with van der Waals surface area (Å²) in [6.45, 7) is 2.31. The monoisotopic (exact) mass is 637 g/mol. The van der Waals surface area contributed by atoms with Gasteiger partial charge in [0.2, 0.25) is 5.91 Å². The van der Waals surface area contributed by atoms with E-state index in [-0.39, 0.29) is 44.2 Å². The topological polar surface area (TPSA) is 133 Å². The van der Waals surface area contributed by atoms with Crippen molar-refractivity contribution in [3.8, 4) is 5.75 Å². The van der Waals surface area contributed by atoms with Crippen LogP contribution in [0.2, 0.25) is 0 Å². The first-order valence-corrected chi connectivity index (χ1v) is 14.4. The summed E-state index contributed by atoms with van der Waals surface area (Å²) in [5.41, 5.74) is 0.231. The fourth-order valence-electron chi connectivity index (χ4n) is 4.91. The highest BCUT2D eigenvalue weighted by Gasteiger charge is 2.31. The minimum absolute atomic E-state index is 0.0254. The standard InChI is InChI=1S/C29H35F4N7O5/c1-44-19-20-5-9-38(10-6-20)18-26(41)35-23-8-12-39(27(42)14-23)11-7-22(30)16-40-17-25(36-37-40)28(43)34-15-21-3-2-4-24(13-21)45-29(31,32)33/h2-4,8,12-14,17,20,22H,5-7,9-11,15-16,18-19H2,1H3,(H,34,43)(H,35,41). The van der Waals surface area contributed by atoms with Gasteiger partial charge in [-0.15, -0.1) is 18.3 Å². The molecular formula is C29H35F4N7O5. The molecular weight excluding hydrogens is 602 g/mol. The molecule has 16 heteroatoms. The Labute approximate surface area is 256 Å². The van der Waals surface area contributed by atoms with E-state index in [9.17, 15) is 31.9 Å². The van der Waals surface area contributed by atoms with Crippen LogP contribution >= 0.6 is 0 Å². The Balaban J connectivity index is 1.19. The van der Waals surface area contributed by atoms with Crippen molar-refractivity contribution in [2.45, 2.75) is 51.4 Å². The molecule has 244 valence electrons. The van der Waals surface area contributed by atoms with Gasteiger partial charge >= 0.3 is 6.36 Å². The van der Waals surface area contributed by atoms with Crippen molar-refractivity contribution < 1.29 is 36.6 Å². The molecule has 2 aromatic heterocycles. The third-order valence-electron chi connectivity index (χ3n) is 7.18. The van der Waals surface area contributed by atoms with Crippen molar-refractivity contribution in [1.82, 2.24) is 29.8 Å². The number of rotatable bonds is 14. The Kier molecular flexibility index (Phi) is 11.6. The van der Waals surface area contributed by atoms with Crippen molar-refractivity contribution in [2.24, 2.45) is 5.92 Å². The number of benzene rings is 1. The second kappa shape index (κ2) is 15.6. The van der Waals surface area contributed by atoms with Gasteiger partial charge in [-0.1, -0.05) is 17.3 Å². The number of amides is 2. The number of ether oxygens (including phenoxy) is 2. The van der Waals surface area contributed by atoms with E-state index in [1.807, 2.05) is 0 Å².